The van der Waals surface area contributed by atoms with Gasteiger partial charge in [0.15, 0.2) is 11.5 Å². The molecule has 1 saturated heterocycles. The zero-order chi connectivity index (χ0) is 16.4. The lowest BCUT2D eigenvalue weighted by molar-refractivity contribution is -0.175. The van der Waals surface area contributed by atoms with Gasteiger partial charge in [-0.3, -0.25) is 9.89 Å². The third-order valence-electron chi connectivity index (χ3n) is 5.29. The molecule has 1 spiro atoms. The number of fused-ring (bicyclic) bond motifs is 1. The maximum absolute atomic E-state index is 12.4. The van der Waals surface area contributed by atoms with Gasteiger partial charge in [-0.1, -0.05) is 12.8 Å². The molecule has 3 heterocycles. The van der Waals surface area contributed by atoms with Crippen LogP contribution in [0.2, 0.25) is 0 Å². The Morgan fingerprint density at radius 3 is 2.88 bits per heavy atom. The average Bonchev–Trinajstić information content (AvgIpc) is 3.13. The number of hydrogen-bond donors (Lipinski definition) is 3. The van der Waals surface area contributed by atoms with E-state index in [4.69, 9.17) is 9.47 Å². The van der Waals surface area contributed by atoms with E-state index in [2.05, 4.69) is 20.8 Å². The van der Waals surface area contributed by atoms with Crippen molar-refractivity contribution in [2.24, 2.45) is 0 Å². The minimum absolute atomic E-state index is 0. The maximum Gasteiger partial charge on any atom is 0.272 e. The number of rotatable bonds is 3. The van der Waals surface area contributed by atoms with Crippen LogP contribution in [0.4, 0.5) is 0 Å². The zero-order valence-electron chi connectivity index (χ0n) is 14.4. The van der Waals surface area contributed by atoms with Crippen molar-refractivity contribution in [1.82, 2.24) is 20.8 Å². The zero-order valence-corrected chi connectivity index (χ0v) is 15.3. The molecule has 0 radical (unpaired) electrons. The van der Waals surface area contributed by atoms with E-state index in [0.29, 0.717) is 25.4 Å². The van der Waals surface area contributed by atoms with E-state index in [-0.39, 0.29) is 24.4 Å². The van der Waals surface area contributed by atoms with Crippen LogP contribution in [0.1, 0.15) is 60.3 Å². The summed E-state index contributed by atoms with van der Waals surface area (Å²) in [7, 11) is 0. The van der Waals surface area contributed by atoms with Crippen LogP contribution in [-0.2, 0) is 22.4 Å². The summed E-state index contributed by atoms with van der Waals surface area (Å²) >= 11 is 0. The van der Waals surface area contributed by atoms with Crippen molar-refractivity contribution < 1.29 is 14.3 Å². The highest BCUT2D eigenvalue weighted by molar-refractivity contribution is 5.94. The van der Waals surface area contributed by atoms with Gasteiger partial charge < -0.3 is 20.1 Å². The Morgan fingerprint density at radius 2 is 2.08 bits per heavy atom. The van der Waals surface area contributed by atoms with Crippen LogP contribution in [0.15, 0.2) is 0 Å². The van der Waals surface area contributed by atoms with Gasteiger partial charge >= 0.3 is 0 Å². The molecule has 0 bridgehead atoms. The molecular weight excluding hydrogens is 344 g/mol. The van der Waals surface area contributed by atoms with Gasteiger partial charge in [-0.15, -0.1) is 12.4 Å². The van der Waals surface area contributed by atoms with Crippen molar-refractivity contribution in [2.75, 3.05) is 19.7 Å². The normalized spacial score (nSPS) is 25.0. The first kappa shape index (κ1) is 18.6. The quantitative estimate of drug-likeness (QED) is 0.753. The summed E-state index contributed by atoms with van der Waals surface area (Å²) < 4.78 is 12.2. The number of nitrogens with one attached hydrogen (secondary N) is 3. The minimum Gasteiger partial charge on any atom is -0.348 e. The molecule has 1 saturated carbocycles. The van der Waals surface area contributed by atoms with Crippen LogP contribution in [-0.4, -0.2) is 47.7 Å². The summed E-state index contributed by atoms with van der Waals surface area (Å²) in [6, 6.07) is 0. The lowest BCUT2D eigenvalue weighted by atomic mass is 10.1. The molecule has 1 amide bonds. The first-order valence-electron chi connectivity index (χ1n) is 9.13. The molecule has 1 aromatic rings. The van der Waals surface area contributed by atoms with Crippen LogP contribution in [0.3, 0.4) is 0 Å². The van der Waals surface area contributed by atoms with Gasteiger partial charge in [0.1, 0.15) is 6.10 Å². The molecule has 1 unspecified atom stereocenters. The predicted octanol–water partition coefficient (Wildman–Crippen LogP) is 1.67. The fourth-order valence-electron chi connectivity index (χ4n) is 3.95. The van der Waals surface area contributed by atoms with Crippen LogP contribution < -0.4 is 10.6 Å². The fourth-order valence-corrected chi connectivity index (χ4v) is 3.95. The Balaban J connectivity index is 0.00000182. The van der Waals surface area contributed by atoms with Crippen molar-refractivity contribution in [3.63, 3.8) is 0 Å². The number of aromatic amines is 1. The van der Waals surface area contributed by atoms with E-state index in [1.54, 1.807) is 0 Å². The van der Waals surface area contributed by atoms with Crippen LogP contribution in [0, 0.1) is 0 Å². The Hall–Kier alpha value is -1.15. The van der Waals surface area contributed by atoms with Gasteiger partial charge in [0.25, 0.3) is 5.91 Å². The lowest BCUT2D eigenvalue weighted by Gasteiger charge is -2.26. The fraction of sp³-hybridized carbons (Fsp3) is 0.765. The number of carbonyl (C=O) groups excluding carboxylic acids is 1. The molecule has 1 aliphatic carbocycles. The Morgan fingerprint density at radius 1 is 1.28 bits per heavy atom. The van der Waals surface area contributed by atoms with Crippen LogP contribution >= 0.6 is 12.4 Å². The highest BCUT2D eigenvalue weighted by Crippen LogP contribution is 2.36. The van der Waals surface area contributed by atoms with E-state index in [0.717, 1.165) is 49.9 Å². The molecule has 8 heteroatoms. The predicted molar refractivity (Wildman–Crippen MR) is 94.8 cm³/mol. The molecule has 3 aliphatic rings. The molecule has 25 heavy (non-hydrogen) atoms. The van der Waals surface area contributed by atoms with Gasteiger partial charge in [-0.2, -0.15) is 5.10 Å². The molecule has 1 atom stereocenters. The Bertz CT molecular complexity index is 599. The van der Waals surface area contributed by atoms with E-state index in [1.165, 1.54) is 12.8 Å². The number of nitrogens with zero attached hydrogens (tertiary/aromatic N) is 1. The second-order valence-corrected chi connectivity index (χ2v) is 7.04. The summed E-state index contributed by atoms with van der Waals surface area (Å²) in [5.74, 6) is -0.539. The summed E-state index contributed by atoms with van der Waals surface area (Å²) in [5.41, 5.74) is 2.56. The largest absolute Gasteiger partial charge is 0.348 e. The highest BCUT2D eigenvalue weighted by Gasteiger charge is 2.41. The molecule has 1 aromatic heterocycles. The maximum atomic E-state index is 12.4. The molecule has 7 nitrogen and oxygen atoms in total. The molecular formula is C17H27ClN4O3. The number of H-pyrrole nitrogens is 1. The highest BCUT2D eigenvalue weighted by atomic mass is 35.5. The van der Waals surface area contributed by atoms with Gasteiger partial charge in [-0.05, 0) is 12.8 Å². The number of ether oxygens (including phenoxy) is 2. The first-order chi connectivity index (χ1) is 11.8. The number of carbonyl (C=O) groups is 1. The lowest BCUT2D eigenvalue weighted by Crippen LogP contribution is -2.36. The van der Waals surface area contributed by atoms with Crippen molar-refractivity contribution in [3.05, 3.63) is 17.0 Å². The van der Waals surface area contributed by atoms with Crippen molar-refractivity contribution in [2.45, 2.75) is 63.4 Å². The summed E-state index contributed by atoms with van der Waals surface area (Å²) in [6.45, 7) is 2.64. The van der Waals surface area contributed by atoms with Crippen LogP contribution in [0.5, 0.6) is 0 Å². The third-order valence-corrected chi connectivity index (χ3v) is 5.29. The Kier molecular flexibility index (Phi) is 5.99. The molecule has 140 valence electrons. The minimum atomic E-state index is -0.401. The summed E-state index contributed by atoms with van der Waals surface area (Å²) in [6.07, 6.45) is 7.59. The first-order valence-corrected chi connectivity index (χ1v) is 9.13. The second-order valence-electron chi connectivity index (χ2n) is 7.04. The van der Waals surface area contributed by atoms with Gasteiger partial charge in [0.2, 0.25) is 0 Å². The smallest absolute Gasteiger partial charge is 0.272 e. The number of hydrogen-bond acceptors (Lipinski definition) is 5. The van der Waals surface area contributed by atoms with Gasteiger partial charge in [0, 0.05) is 50.2 Å². The van der Waals surface area contributed by atoms with Crippen molar-refractivity contribution in [1.29, 1.82) is 0 Å². The summed E-state index contributed by atoms with van der Waals surface area (Å²) in [4.78, 5) is 12.4. The number of amides is 1. The summed E-state index contributed by atoms with van der Waals surface area (Å²) in [5, 5.41) is 13.4. The monoisotopic (exact) mass is 370 g/mol. The Labute approximate surface area is 154 Å². The van der Waals surface area contributed by atoms with E-state index in [9.17, 15) is 4.79 Å². The SMILES string of the molecule is Cl.O=C(NCC1COC2(CCCCCC2)O1)c1n[nH]c2c1CNCC2. The van der Waals surface area contributed by atoms with Gasteiger partial charge in [-0.25, -0.2) is 0 Å². The average molecular weight is 371 g/mol. The number of aromatic nitrogens is 2. The molecule has 2 aliphatic heterocycles. The van der Waals surface area contributed by atoms with Gasteiger partial charge in [0.05, 0.1) is 6.61 Å². The molecule has 4 rings (SSSR count). The van der Waals surface area contributed by atoms with Crippen molar-refractivity contribution in [3.8, 4) is 0 Å². The van der Waals surface area contributed by atoms with E-state index < -0.39 is 5.79 Å². The molecule has 2 fully saturated rings. The molecule has 0 aromatic carbocycles. The topological polar surface area (TPSA) is 88.3 Å². The van der Waals surface area contributed by atoms with E-state index >= 15 is 0 Å². The number of halogens is 1. The van der Waals surface area contributed by atoms with E-state index in [1.807, 2.05) is 0 Å². The third kappa shape index (κ3) is 4.00. The van der Waals surface area contributed by atoms with Crippen molar-refractivity contribution >= 4 is 18.3 Å². The standard InChI is InChI=1S/C17H26N4O3.ClH/c22-16(15-13-10-18-8-5-14(13)20-21-15)19-9-12-11-23-17(24-12)6-3-1-2-4-7-17;/h12,18H,1-11H2,(H,19,22)(H,20,21);1H. The second kappa shape index (κ2) is 8.03. The van der Waals surface area contributed by atoms with Crippen LogP contribution in [0.25, 0.3) is 0 Å². The molecule has 3 N–H and O–H groups in total.